The molecule has 0 aliphatic carbocycles. The monoisotopic (exact) mass is 285 g/mol. The van der Waals surface area contributed by atoms with Crippen LogP contribution >= 0.6 is 11.8 Å². The Balaban J connectivity index is 2.18. The van der Waals surface area contributed by atoms with Crippen molar-refractivity contribution in [3.05, 3.63) is 53.0 Å². The molecule has 0 atom stereocenters. The van der Waals surface area contributed by atoms with Crippen molar-refractivity contribution in [3.8, 4) is 22.6 Å². The number of H-pyrrole nitrogens is 1. The van der Waals surface area contributed by atoms with Gasteiger partial charge >= 0.3 is 0 Å². The zero-order valence-electron chi connectivity index (χ0n) is 10.7. The van der Waals surface area contributed by atoms with Crippen LogP contribution in [0.4, 0.5) is 0 Å². The number of aromatic amines is 1. The van der Waals surface area contributed by atoms with Crippen LogP contribution in [0.5, 0.6) is 0 Å². The second-order valence-corrected chi connectivity index (χ2v) is 4.83. The highest BCUT2D eigenvalue weighted by Gasteiger charge is 2.14. The zero-order valence-corrected chi connectivity index (χ0v) is 11.5. The Morgan fingerprint density at radius 1 is 1.10 bits per heavy atom. The Morgan fingerprint density at radius 2 is 1.90 bits per heavy atom. The summed E-state index contributed by atoms with van der Waals surface area (Å²) in [4.78, 5) is 14.8. The summed E-state index contributed by atoms with van der Waals surface area (Å²) < 4.78 is 5.40. The minimum Gasteiger partial charge on any atom is -0.464 e. The van der Waals surface area contributed by atoms with Gasteiger partial charge in [-0.25, -0.2) is 0 Å². The number of nitrogens with zero attached hydrogens (tertiary/aromatic N) is 2. The molecule has 1 aromatic carbocycles. The molecule has 0 radical (unpaired) electrons. The summed E-state index contributed by atoms with van der Waals surface area (Å²) in [5.74, 6) is 0.691. The molecule has 0 saturated carbocycles. The lowest BCUT2D eigenvalue weighted by Gasteiger charge is -2.05. The summed E-state index contributed by atoms with van der Waals surface area (Å²) in [6, 6.07) is 11.1. The minimum absolute atomic E-state index is 0.261. The summed E-state index contributed by atoms with van der Waals surface area (Å²) in [6.07, 6.45) is 3.43. The van der Waals surface area contributed by atoms with Crippen LogP contribution in [0.25, 0.3) is 22.6 Å². The average molecular weight is 285 g/mol. The van der Waals surface area contributed by atoms with E-state index in [0.29, 0.717) is 16.5 Å². The Kier molecular flexibility index (Phi) is 3.39. The van der Waals surface area contributed by atoms with Gasteiger partial charge in [0.1, 0.15) is 5.76 Å². The fraction of sp³-hybridized carbons (Fsp3) is 0.0714. The Morgan fingerprint density at radius 3 is 2.55 bits per heavy atom. The molecule has 0 amide bonds. The highest BCUT2D eigenvalue weighted by molar-refractivity contribution is 7.98. The lowest BCUT2D eigenvalue weighted by atomic mass is 10.0. The fourth-order valence-electron chi connectivity index (χ4n) is 1.93. The van der Waals surface area contributed by atoms with E-state index in [-0.39, 0.29) is 11.3 Å². The van der Waals surface area contributed by atoms with Crippen molar-refractivity contribution < 1.29 is 4.42 Å². The van der Waals surface area contributed by atoms with Crippen LogP contribution in [0.2, 0.25) is 0 Å². The topological polar surface area (TPSA) is 71.8 Å². The summed E-state index contributed by atoms with van der Waals surface area (Å²) in [5, 5.41) is 8.51. The number of thioether (sulfide) groups is 1. The van der Waals surface area contributed by atoms with Gasteiger partial charge in [-0.05, 0) is 18.4 Å². The fourth-order valence-corrected chi connectivity index (χ4v) is 2.24. The van der Waals surface area contributed by atoms with Crippen LogP contribution in [0.15, 0.2) is 57.0 Å². The maximum absolute atomic E-state index is 12.1. The molecular formula is C14H11N3O2S. The van der Waals surface area contributed by atoms with Gasteiger partial charge in [-0.15, -0.1) is 10.2 Å². The van der Waals surface area contributed by atoms with Crippen LogP contribution in [0.1, 0.15) is 0 Å². The molecule has 3 rings (SSSR count). The predicted octanol–water partition coefficient (Wildman–Crippen LogP) is 2.81. The van der Waals surface area contributed by atoms with Crippen LogP contribution in [-0.4, -0.2) is 21.4 Å². The molecule has 2 aromatic heterocycles. The number of aromatic nitrogens is 3. The van der Waals surface area contributed by atoms with E-state index in [1.54, 1.807) is 12.3 Å². The molecule has 5 nitrogen and oxygen atoms in total. The molecule has 0 saturated heterocycles. The van der Waals surface area contributed by atoms with Gasteiger partial charge in [0.2, 0.25) is 0 Å². The highest BCUT2D eigenvalue weighted by atomic mass is 32.2. The maximum atomic E-state index is 12.1. The van der Waals surface area contributed by atoms with E-state index in [1.807, 2.05) is 36.6 Å². The van der Waals surface area contributed by atoms with Gasteiger partial charge < -0.3 is 4.42 Å². The van der Waals surface area contributed by atoms with Gasteiger partial charge in [0.25, 0.3) is 5.56 Å². The first-order chi connectivity index (χ1) is 9.79. The third-order valence-corrected chi connectivity index (χ3v) is 3.41. The average Bonchev–Trinajstić information content (AvgIpc) is 3.01. The standard InChI is InChI=1S/C14H11N3O2S/c1-20-14-15-13(18)12(16-17-14)10-6-3-2-5-9(10)11-7-4-8-19-11/h2-8H,1H3,(H,15,17,18). The number of benzene rings is 1. The molecular weight excluding hydrogens is 274 g/mol. The molecule has 1 N–H and O–H groups in total. The molecule has 0 bridgehead atoms. The van der Waals surface area contributed by atoms with E-state index >= 15 is 0 Å². The van der Waals surface area contributed by atoms with Gasteiger partial charge in [0.05, 0.1) is 6.26 Å². The number of rotatable bonds is 3. The van der Waals surface area contributed by atoms with Crippen molar-refractivity contribution in [3.63, 3.8) is 0 Å². The number of hydrogen-bond donors (Lipinski definition) is 1. The summed E-state index contributed by atoms with van der Waals surface area (Å²) >= 11 is 1.34. The molecule has 0 unspecified atom stereocenters. The molecule has 0 aliphatic heterocycles. The van der Waals surface area contributed by atoms with Crippen molar-refractivity contribution in [1.29, 1.82) is 0 Å². The third kappa shape index (κ3) is 2.25. The van der Waals surface area contributed by atoms with E-state index in [1.165, 1.54) is 11.8 Å². The summed E-state index contributed by atoms with van der Waals surface area (Å²) in [6.45, 7) is 0. The number of nitrogens with one attached hydrogen (secondary N) is 1. The van der Waals surface area contributed by atoms with Crippen molar-refractivity contribution >= 4 is 11.8 Å². The number of furan rings is 1. The number of hydrogen-bond acceptors (Lipinski definition) is 5. The molecule has 0 fully saturated rings. The Labute approximate surface area is 119 Å². The van der Waals surface area contributed by atoms with E-state index < -0.39 is 0 Å². The molecule has 3 aromatic rings. The molecule has 20 heavy (non-hydrogen) atoms. The van der Waals surface area contributed by atoms with Crippen LogP contribution in [0.3, 0.4) is 0 Å². The predicted molar refractivity (Wildman–Crippen MR) is 77.6 cm³/mol. The van der Waals surface area contributed by atoms with Gasteiger partial charge in [-0.2, -0.15) is 0 Å². The molecule has 6 heteroatoms. The molecule has 2 heterocycles. The van der Waals surface area contributed by atoms with Crippen molar-refractivity contribution in [2.24, 2.45) is 0 Å². The second kappa shape index (κ2) is 5.34. The van der Waals surface area contributed by atoms with Gasteiger partial charge in [0, 0.05) is 11.1 Å². The van der Waals surface area contributed by atoms with Gasteiger partial charge in [-0.1, -0.05) is 36.0 Å². The van der Waals surface area contributed by atoms with Gasteiger partial charge in [-0.3, -0.25) is 9.78 Å². The maximum Gasteiger partial charge on any atom is 0.278 e. The summed E-state index contributed by atoms with van der Waals surface area (Å²) in [5.41, 5.74) is 1.54. The smallest absolute Gasteiger partial charge is 0.278 e. The largest absolute Gasteiger partial charge is 0.464 e. The first-order valence-electron chi connectivity index (χ1n) is 5.94. The van der Waals surface area contributed by atoms with E-state index in [0.717, 1.165) is 5.56 Å². The van der Waals surface area contributed by atoms with Crippen LogP contribution in [-0.2, 0) is 0 Å². The Hall–Kier alpha value is -2.34. The van der Waals surface area contributed by atoms with E-state index in [2.05, 4.69) is 15.2 Å². The zero-order chi connectivity index (χ0) is 13.9. The van der Waals surface area contributed by atoms with Crippen molar-refractivity contribution in [1.82, 2.24) is 15.2 Å². The lowest BCUT2D eigenvalue weighted by molar-refractivity contribution is 0.582. The first-order valence-corrected chi connectivity index (χ1v) is 7.16. The third-order valence-electron chi connectivity index (χ3n) is 2.84. The molecule has 100 valence electrons. The lowest BCUT2D eigenvalue weighted by Crippen LogP contribution is -2.14. The van der Waals surface area contributed by atoms with E-state index in [4.69, 9.17) is 4.42 Å². The molecule has 0 spiro atoms. The van der Waals surface area contributed by atoms with Crippen molar-refractivity contribution in [2.75, 3.05) is 6.26 Å². The first kappa shape index (κ1) is 12.7. The van der Waals surface area contributed by atoms with Gasteiger partial charge in [0.15, 0.2) is 10.9 Å². The quantitative estimate of drug-likeness (QED) is 0.749. The van der Waals surface area contributed by atoms with E-state index in [9.17, 15) is 4.79 Å². The molecule has 0 aliphatic rings. The SMILES string of the molecule is CSc1nnc(-c2ccccc2-c2ccco2)c(=O)[nH]1. The highest BCUT2D eigenvalue weighted by Crippen LogP contribution is 2.29. The van der Waals surface area contributed by atoms with Crippen LogP contribution in [0, 0.1) is 0 Å². The van der Waals surface area contributed by atoms with Crippen LogP contribution < -0.4 is 5.56 Å². The normalized spacial score (nSPS) is 10.7. The van der Waals surface area contributed by atoms with Crippen molar-refractivity contribution in [2.45, 2.75) is 5.16 Å². The summed E-state index contributed by atoms with van der Waals surface area (Å²) in [7, 11) is 0. The second-order valence-electron chi connectivity index (χ2n) is 4.03. The minimum atomic E-state index is -0.261. The Bertz CT molecular complexity index is 781.